The second-order valence-corrected chi connectivity index (χ2v) is 0.519. The molecule has 11 N–H and O–H groups in total. The van der Waals surface area contributed by atoms with Gasteiger partial charge in [-0.05, 0) is 0 Å². The fraction of sp³-hybridized carbons (Fsp3) is 0.500. The number of rotatable bonds is 0. The van der Waals surface area contributed by atoms with Gasteiger partial charge in [-0.3, -0.25) is 4.79 Å². The van der Waals surface area contributed by atoms with Gasteiger partial charge in [-0.2, -0.15) is 0 Å². The summed E-state index contributed by atoms with van der Waals surface area (Å²) in [7, 11) is 0. The van der Waals surface area contributed by atoms with E-state index in [1.54, 1.807) is 0 Å². The van der Waals surface area contributed by atoms with Crippen LogP contribution in [-0.2, 0) is 4.79 Å². The summed E-state index contributed by atoms with van der Waals surface area (Å²) in [5.41, 5.74) is 0. The summed E-state index contributed by atoms with van der Waals surface area (Å²) in [6, 6.07) is 0. The van der Waals surface area contributed by atoms with Crippen molar-refractivity contribution in [2.75, 3.05) is 0 Å². The van der Waals surface area contributed by atoms with Crippen LogP contribution in [0.15, 0.2) is 0 Å². The molecular weight excluding hydrogens is 224 g/mol. The number of carboxylic acid groups (broad SMARTS) is 1. The molecule has 0 saturated heterocycles. The van der Waals surface area contributed by atoms with Gasteiger partial charge in [0, 0.05) is 6.92 Å². The van der Waals surface area contributed by atoms with Crippen LogP contribution in [0, 0.1) is 0 Å². The van der Waals surface area contributed by atoms with Gasteiger partial charge in [-0.15, -0.1) is 0 Å². The fourth-order valence-electron chi connectivity index (χ4n) is 0. The zero-order valence-corrected chi connectivity index (χ0v) is 4.86. The van der Waals surface area contributed by atoms with Crippen LogP contribution in [-0.4, -0.2) is 83.9 Å². The molecule has 10 heavy (non-hydrogen) atoms. The third-order valence-corrected chi connectivity index (χ3v) is 0. The molecule has 0 aliphatic carbocycles. The summed E-state index contributed by atoms with van der Waals surface area (Å²) >= 11 is 0. The summed E-state index contributed by atoms with van der Waals surface area (Å²) in [4.78, 5) is 9.00. The Labute approximate surface area is 94.9 Å². The zero-order chi connectivity index (χ0) is 3.58. The van der Waals surface area contributed by atoms with Gasteiger partial charge in [0.2, 0.25) is 0 Å². The third-order valence-electron chi connectivity index (χ3n) is 0. The van der Waals surface area contributed by atoms with E-state index in [9.17, 15) is 0 Å². The van der Waals surface area contributed by atoms with Gasteiger partial charge in [-0.25, -0.2) is 0 Å². The van der Waals surface area contributed by atoms with Crippen LogP contribution in [0.1, 0.15) is 6.92 Å². The van der Waals surface area contributed by atoms with E-state index < -0.39 is 5.97 Å². The fourth-order valence-corrected chi connectivity index (χ4v) is 0. The van der Waals surface area contributed by atoms with Crippen LogP contribution in [0.25, 0.3) is 0 Å². The molecule has 0 amide bonds. The number of aliphatic carboxylic acids is 1. The van der Waals surface area contributed by atoms with Crippen molar-refractivity contribution >= 4 is 51.5 Å². The SMILES string of the molecule is CC(=O)O.O.O.O.O.O.[SrH2]. The average molecular weight is 240 g/mol. The van der Waals surface area contributed by atoms with E-state index in [1.807, 2.05) is 0 Å². The molecule has 7 nitrogen and oxygen atoms in total. The van der Waals surface area contributed by atoms with Gasteiger partial charge in [-0.1, -0.05) is 0 Å². The molecule has 0 aromatic carbocycles. The molecule has 0 fully saturated rings. The van der Waals surface area contributed by atoms with Gasteiger partial charge >= 0.3 is 45.5 Å². The van der Waals surface area contributed by atoms with E-state index in [-0.39, 0.29) is 72.9 Å². The molecule has 8 heteroatoms. The minimum absolute atomic E-state index is 0. The molecule has 0 aromatic heterocycles. The normalized spacial score (nSPS) is 2.50. The molecule has 0 atom stereocenters. The first kappa shape index (κ1) is 72.7. The molecule has 0 aliphatic rings. The van der Waals surface area contributed by atoms with Crippen molar-refractivity contribution in [3.8, 4) is 0 Å². The quantitative estimate of drug-likeness (QED) is 0.414. The Morgan fingerprint density at radius 3 is 1.00 bits per heavy atom. The Balaban J connectivity index is -0.00000000300. The van der Waals surface area contributed by atoms with Gasteiger partial charge in [0.25, 0.3) is 5.97 Å². The topological polar surface area (TPSA) is 195 Å². The first-order valence-electron chi connectivity index (χ1n) is 0.928. The maximum absolute atomic E-state index is 9.00. The second-order valence-electron chi connectivity index (χ2n) is 0.519. The first-order chi connectivity index (χ1) is 1.73. The summed E-state index contributed by atoms with van der Waals surface area (Å²) in [5.74, 6) is -0.833. The van der Waals surface area contributed by atoms with Crippen LogP contribution < -0.4 is 0 Å². The first-order valence-corrected chi connectivity index (χ1v) is 0.928. The predicted molar refractivity (Wildman–Crippen MR) is 39.9 cm³/mol. The van der Waals surface area contributed by atoms with Gasteiger partial charge in [0.05, 0.1) is 0 Å². The van der Waals surface area contributed by atoms with Gasteiger partial charge < -0.3 is 32.5 Å². The Hall–Kier alpha value is 0.751. The summed E-state index contributed by atoms with van der Waals surface area (Å²) in [6.07, 6.45) is 0. The molecule has 0 aromatic rings. The Morgan fingerprint density at radius 1 is 1.00 bits per heavy atom. The van der Waals surface area contributed by atoms with Crippen LogP contribution >= 0.6 is 0 Å². The van der Waals surface area contributed by atoms with E-state index in [4.69, 9.17) is 9.90 Å². The molecule has 0 bridgehead atoms. The van der Waals surface area contributed by atoms with E-state index in [0.717, 1.165) is 6.92 Å². The summed E-state index contributed by atoms with van der Waals surface area (Å²) < 4.78 is 0. The molecule has 68 valence electrons. The van der Waals surface area contributed by atoms with E-state index in [2.05, 4.69) is 0 Å². The van der Waals surface area contributed by atoms with Crippen LogP contribution in [0.3, 0.4) is 0 Å². The number of hydrogen-bond acceptors (Lipinski definition) is 1. The van der Waals surface area contributed by atoms with Crippen molar-refractivity contribution < 1.29 is 37.3 Å². The number of carbonyl (C=O) groups is 1. The Bertz CT molecular complexity index is 34.6. The standard InChI is InChI=1S/C2H4O2.5H2O.Sr.2H/c1-2(3)4;;;;;;;;/h1H3,(H,3,4);5*1H2;;;. The maximum atomic E-state index is 9.00. The Kier molecular flexibility index (Phi) is 386. The second kappa shape index (κ2) is 53.1. The monoisotopic (exact) mass is 240 g/mol. The van der Waals surface area contributed by atoms with Crippen LogP contribution in [0.2, 0.25) is 0 Å². The molecular formula is C2H16O7Sr. The van der Waals surface area contributed by atoms with Crippen molar-refractivity contribution in [3.63, 3.8) is 0 Å². The third kappa shape index (κ3) is 933. The Morgan fingerprint density at radius 2 is 1.00 bits per heavy atom. The van der Waals surface area contributed by atoms with Gasteiger partial charge in [0.1, 0.15) is 0 Å². The predicted octanol–water partition coefficient (Wildman–Crippen LogP) is -4.95. The molecule has 0 saturated carbocycles. The molecule has 0 spiro atoms. The molecule has 0 aliphatic heterocycles. The number of carboxylic acids is 1. The molecule has 0 unspecified atom stereocenters. The minimum atomic E-state index is -0.833. The van der Waals surface area contributed by atoms with E-state index in [1.165, 1.54) is 0 Å². The van der Waals surface area contributed by atoms with Crippen molar-refractivity contribution in [1.29, 1.82) is 0 Å². The molecule has 0 heterocycles. The van der Waals surface area contributed by atoms with E-state index >= 15 is 0 Å². The van der Waals surface area contributed by atoms with E-state index in [0.29, 0.717) is 0 Å². The van der Waals surface area contributed by atoms with Crippen molar-refractivity contribution in [2.45, 2.75) is 6.92 Å². The van der Waals surface area contributed by atoms with Gasteiger partial charge in [0.15, 0.2) is 0 Å². The van der Waals surface area contributed by atoms with Crippen LogP contribution in [0.4, 0.5) is 0 Å². The van der Waals surface area contributed by atoms with Crippen molar-refractivity contribution in [3.05, 3.63) is 0 Å². The van der Waals surface area contributed by atoms with Crippen molar-refractivity contribution in [1.82, 2.24) is 0 Å². The molecule has 0 rings (SSSR count). The summed E-state index contributed by atoms with van der Waals surface area (Å²) in [6.45, 7) is 1.08. The summed E-state index contributed by atoms with van der Waals surface area (Å²) in [5, 5.41) is 7.42. The zero-order valence-electron chi connectivity index (χ0n) is 4.86. The average Bonchev–Trinajstić information content (AvgIpc) is 0.811. The van der Waals surface area contributed by atoms with Crippen molar-refractivity contribution in [2.24, 2.45) is 0 Å². The molecule has 0 radical (unpaired) electrons. The number of hydrogen-bond donors (Lipinski definition) is 1. The van der Waals surface area contributed by atoms with Crippen LogP contribution in [0.5, 0.6) is 0 Å².